The van der Waals surface area contributed by atoms with Crippen LogP contribution in [0.25, 0.3) is 0 Å². The van der Waals surface area contributed by atoms with Gasteiger partial charge in [-0.1, -0.05) is 19.3 Å². The Bertz CT molecular complexity index is 421. The Balaban J connectivity index is 2.14. The largest absolute Gasteiger partial charge is 0.394 e. The van der Waals surface area contributed by atoms with Gasteiger partial charge in [0.25, 0.3) is 0 Å². The fraction of sp³-hybridized carbons (Fsp3) is 0.938. The van der Waals surface area contributed by atoms with E-state index in [2.05, 4.69) is 5.32 Å². The Kier molecular flexibility index (Phi) is 8.18. The number of nitrogens with one attached hydrogen (secondary N) is 1. The molecule has 1 heterocycles. The maximum atomic E-state index is 12.6. The van der Waals surface area contributed by atoms with Crippen LogP contribution in [0.15, 0.2) is 0 Å². The third-order valence-corrected chi connectivity index (χ3v) is 5.17. The number of urea groups is 1. The molecule has 1 saturated carbocycles. The second-order valence-corrected chi connectivity index (χ2v) is 7.17. The van der Waals surface area contributed by atoms with E-state index in [1.807, 2.05) is 0 Å². The first-order valence-electron chi connectivity index (χ1n) is 8.90. The van der Waals surface area contributed by atoms with E-state index in [-0.39, 0.29) is 18.3 Å². The fourth-order valence-electron chi connectivity index (χ4n) is 3.55. The van der Waals surface area contributed by atoms with Gasteiger partial charge in [-0.2, -0.15) is 0 Å². The number of amides is 2. The molecule has 2 rings (SSSR count). The van der Waals surface area contributed by atoms with Gasteiger partial charge in [0.05, 0.1) is 6.61 Å². The van der Waals surface area contributed by atoms with Crippen LogP contribution in [0.2, 0.25) is 0 Å². The number of halogens is 1. The molecule has 25 heavy (non-hydrogen) atoms. The number of hydrogen-bond donors (Lipinski definition) is 5. The van der Waals surface area contributed by atoms with Crippen LogP contribution in [0.1, 0.15) is 32.1 Å². The quantitative estimate of drug-likeness (QED) is 0.400. The lowest BCUT2D eigenvalue weighted by Gasteiger charge is -2.45. The van der Waals surface area contributed by atoms with E-state index < -0.39 is 43.3 Å². The van der Waals surface area contributed by atoms with Crippen LogP contribution in [0.5, 0.6) is 0 Å². The number of carbonyl (C=O) groups excluding carboxylic acids is 1. The molecule has 1 aliphatic heterocycles. The van der Waals surface area contributed by atoms with Gasteiger partial charge < -0.3 is 30.5 Å². The number of carbonyl (C=O) groups is 1. The van der Waals surface area contributed by atoms with Crippen molar-refractivity contribution in [2.75, 3.05) is 25.6 Å². The second kappa shape index (κ2) is 9.89. The minimum Gasteiger partial charge on any atom is -0.394 e. The smallest absolute Gasteiger partial charge is 0.319 e. The summed E-state index contributed by atoms with van der Waals surface area (Å²) in [5.41, 5.74) is 0. The molecule has 5 atom stereocenters. The topological polar surface area (TPSA) is 122 Å². The minimum atomic E-state index is -1.51. The third kappa shape index (κ3) is 5.18. The van der Waals surface area contributed by atoms with Crippen LogP contribution in [-0.2, 0) is 4.74 Å². The molecular formula is C16H29ClN2O6. The monoisotopic (exact) mass is 380 g/mol. The molecule has 0 aromatic carbocycles. The SMILES string of the molecule is O=C(NCCCl)N(CC1CCCCC1)C1O[C@H](CO)[C@H](O)[C@H](O)[C@H]1O. The van der Waals surface area contributed by atoms with Crippen LogP contribution in [0, 0.1) is 5.92 Å². The number of ether oxygens (including phenoxy) is 1. The molecule has 1 saturated heterocycles. The lowest BCUT2D eigenvalue weighted by molar-refractivity contribution is -0.258. The van der Waals surface area contributed by atoms with Crippen LogP contribution in [0.4, 0.5) is 4.79 Å². The highest BCUT2D eigenvalue weighted by atomic mass is 35.5. The van der Waals surface area contributed by atoms with Crippen LogP contribution >= 0.6 is 11.6 Å². The van der Waals surface area contributed by atoms with E-state index in [0.717, 1.165) is 25.7 Å². The van der Waals surface area contributed by atoms with E-state index in [1.165, 1.54) is 11.3 Å². The van der Waals surface area contributed by atoms with Gasteiger partial charge in [-0.25, -0.2) is 4.79 Å². The summed E-state index contributed by atoms with van der Waals surface area (Å²) in [5.74, 6) is 0.528. The third-order valence-electron chi connectivity index (χ3n) is 4.99. The molecule has 2 amide bonds. The maximum Gasteiger partial charge on any atom is 0.319 e. The predicted molar refractivity (Wildman–Crippen MR) is 91.2 cm³/mol. The number of aliphatic hydroxyl groups is 4. The van der Waals surface area contributed by atoms with Crippen molar-refractivity contribution in [2.45, 2.75) is 62.7 Å². The standard InChI is InChI=1S/C16H29ClN2O6/c17-6-7-18-16(24)19(8-10-4-2-1-3-5-10)15-14(23)13(22)12(21)11(9-20)25-15/h10-15,20-23H,1-9H2,(H,18,24)/t11-,12+,13+,14-,15?/m1/s1. The Morgan fingerprint density at radius 1 is 1.12 bits per heavy atom. The van der Waals surface area contributed by atoms with Crippen molar-refractivity contribution in [1.29, 1.82) is 0 Å². The Hall–Kier alpha value is -0.640. The summed E-state index contributed by atoms with van der Waals surface area (Å²) in [6.07, 6.45) is -1.28. The van der Waals surface area contributed by atoms with Crippen molar-refractivity contribution in [3.63, 3.8) is 0 Å². The van der Waals surface area contributed by atoms with Crippen LogP contribution in [-0.4, -0.2) is 87.6 Å². The molecule has 1 unspecified atom stereocenters. The summed E-state index contributed by atoms with van der Waals surface area (Å²) in [4.78, 5) is 13.9. The van der Waals surface area contributed by atoms with Gasteiger partial charge in [0.2, 0.25) is 0 Å². The number of rotatable bonds is 6. The maximum absolute atomic E-state index is 12.6. The molecule has 0 spiro atoms. The first-order chi connectivity index (χ1) is 12.0. The molecule has 146 valence electrons. The molecule has 0 aromatic rings. The Morgan fingerprint density at radius 2 is 1.80 bits per heavy atom. The molecule has 1 aliphatic carbocycles. The summed E-state index contributed by atoms with van der Waals surface area (Å²) in [7, 11) is 0. The van der Waals surface area contributed by atoms with Crippen molar-refractivity contribution in [3.8, 4) is 0 Å². The van der Waals surface area contributed by atoms with E-state index in [9.17, 15) is 25.2 Å². The molecule has 8 nitrogen and oxygen atoms in total. The Morgan fingerprint density at radius 3 is 2.40 bits per heavy atom. The fourth-order valence-corrected chi connectivity index (χ4v) is 3.64. The van der Waals surface area contributed by atoms with E-state index in [0.29, 0.717) is 6.54 Å². The van der Waals surface area contributed by atoms with Gasteiger partial charge >= 0.3 is 6.03 Å². The lowest BCUT2D eigenvalue weighted by Crippen LogP contribution is -2.65. The first-order valence-corrected chi connectivity index (χ1v) is 9.44. The average molecular weight is 381 g/mol. The van der Waals surface area contributed by atoms with Crippen molar-refractivity contribution >= 4 is 17.6 Å². The van der Waals surface area contributed by atoms with Crippen molar-refractivity contribution in [2.24, 2.45) is 5.92 Å². The van der Waals surface area contributed by atoms with Crippen molar-refractivity contribution < 1.29 is 30.0 Å². The zero-order chi connectivity index (χ0) is 18.4. The first kappa shape index (κ1) is 20.7. The number of nitrogens with zero attached hydrogens (tertiary/aromatic N) is 1. The summed E-state index contributed by atoms with van der Waals surface area (Å²) >= 11 is 5.62. The van der Waals surface area contributed by atoms with E-state index >= 15 is 0 Å². The van der Waals surface area contributed by atoms with E-state index in [1.54, 1.807) is 0 Å². The van der Waals surface area contributed by atoms with Crippen LogP contribution in [0.3, 0.4) is 0 Å². The zero-order valence-electron chi connectivity index (χ0n) is 14.3. The van der Waals surface area contributed by atoms with Gasteiger partial charge in [-0.15, -0.1) is 11.6 Å². The van der Waals surface area contributed by atoms with Gasteiger partial charge in [-0.05, 0) is 18.8 Å². The average Bonchev–Trinajstić information content (AvgIpc) is 2.64. The molecule has 2 aliphatic rings. The predicted octanol–water partition coefficient (Wildman–Crippen LogP) is -0.383. The lowest BCUT2D eigenvalue weighted by atomic mass is 9.88. The number of alkyl halides is 1. The highest BCUT2D eigenvalue weighted by molar-refractivity contribution is 6.18. The van der Waals surface area contributed by atoms with Gasteiger partial charge in [0.15, 0.2) is 6.23 Å². The molecule has 5 N–H and O–H groups in total. The normalized spacial score (nSPS) is 33.9. The number of hydrogen-bond acceptors (Lipinski definition) is 6. The zero-order valence-corrected chi connectivity index (χ0v) is 15.0. The Labute approximate surface area is 152 Å². The van der Waals surface area contributed by atoms with Crippen LogP contribution < -0.4 is 5.32 Å². The van der Waals surface area contributed by atoms with Gasteiger partial charge in [0, 0.05) is 19.0 Å². The summed E-state index contributed by atoms with van der Waals surface area (Å²) in [6.45, 7) is 0.109. The highest BCUT2D eigenvalue weighted by Gasteiger charge is 2.47. The molecule has 0 aromatic heterocycles. The minimum absolute atomic E-state index is 0.248. The summed E-state index contributed by atoms with van der Waals surface area (Å²) in [6, 6.07) is -0.449. The van der Waals surface area contributed by atoms with E-state index in [4.69, 9.17) is 16.3 Å². The van der Waals surface area contributed by atoms with Crippen molar-refractivity contribution in [3.05, 3.63) is 0 Å². The molecule has 0 bridgehead atoms. The molecule has 9 heteroatoms. The van der Waals surface area contributed by atoms with Gasteiger partial charge in [-0.3, -0.25) is 4.90 Å². The number of aliphatic hydroxyl groups excluding tert-OH is 4. The van der Waals surface area contributed by atoms with Crippen molar-refractivity contribution in [1.82, 2.24) is 10.2 Å². The summed E-state index contributed by atoms with van der Waals surface area (Å²) in [5, 5.41) is 42.3. The highest BCUT2D eigenvalue weighted by Crippen LogP contribution is 2.28. The molecule has 2 fully saturated rings. The molecular weight excluding hydrogens is 352 g/mol. The summed E-state index contributed by atoms with van der Waals surface area (Å²) < 4.78 is 5.56. The molecule has 0 radical (unpaired) electrons. The van der Waals surface area contributed by atoms with Gasteiger partial charge in [0.1, 0.15) is 24.4 Å². The second-order valence-electron chi connectivity index (χ2n) is 6.80.